The van der Waals surface area contributed by atoms with Gasteiger partial charge in [0.25, 0.3) is 0 Å². The number of nitrogens with zero attached hydrogens (tertiary/aromatic N) is 4. The molecule has 0 aliphatic rings. The molecule has 4 rings (SSSR count). The van der Waals surface area contributed by atoms with E-state index < -0.39 is 0 Å². The molecular weight excluding hydrogens is 317 g/mol. The average molecular weight is 333 g/mol. The molecule has 2 heterocycles. The van der Waals surface area contributed by atoms with Gasteiger partial charge in [-0.05, 0) is 24.3 Å². The van der Waals surface area contributed by atoms with Gasteiger partial charge in [0.05, 0.1) is 23.4 Å². The molecule has 0 atom stereocenters. The second-order valence-electron chi connectivity index (χ2n) is 5.60. The molecule has 0 aliphatic heterocycles. The molecule has 0 fully saturated rings. The van der Waals surface area contributed by atoms with Crippen LogP contribution in [-0.4, -0.2) is 19.5 Å². The summed E-state index contributed by atoms with van der Waals surface area (Å²) in [5.74, 6) is 1.73. The molecule has 25 heavy (non-hydrogen) atoms. The van der Waals surface area contributed by atoms with E-state index in [2.05, 4.69) is 20.3 Å². The van der Waals surface area contributed by atoms with Crippen molar-refractivity contribution < 1.29 is 4.39 Å². The van der Waals surface area contributed by atoms with Crippen LogP contribution in [0.25, 0.3) is 16.9 Å². The molecule has 0 saturated heterocycles. The first-order chi connectivity index (χ1) is 12.2. The van der Waals surface area contributed by atoms with Crippen molar-refractivity contribution >= 4 is 22.5 Å². The van der Waals surface area contributed by atoms with Gasteiger partial charge in [-0.25, -0.2) is 14.4 Å². The molecule has 0 radical (unpaired) electrons. The van der Waals surface area contributed by atoms with Gasteiger partial charge in [0.1, 0.15) is 11.6 Å². The van der Waals surface area contributed by atoms with Crippen LogP contribution in [0.4, 0.5) is 15.9 Å². The summed E-state index contributed by atoms with van der Waals surface area (Å²) in [6.45, 7) is 2.01. The fraction of sp³-hybridized carbons (Fsp3) is 0.105. The van der Waals surface area contributed by atoms with Crippen molar-refractivity contribution in [2.75, 3.05) is 5.32 Å². The number of para-hydroxylation sites is 1. The maximum atomic E-state index is 13.7. The van der Waals surface area contributed by atoms with Crippen LogP contribution in [0.5, 0.6) is 0 Å². The van der Waals surface area contributed by atoms with Crippen LogP contribution < -0.4 is 5.32 Å². The molecule has 0 amide bonds. The van der Waals surface area contributed by atoms with Gasteiger partial charge in [-0.3, -0.25) is 9.55 Å². The van der Waals surface area contributed by atoms with E-state index in [1.54, 1.807) is 18.5 Å². The Hall–Kier alpha value is -3.28. The number of rotatable bonds is 4. The van der Waals surface area contributed by atoms with Gasteiger partial charge in [-0.15, -0.1) is 0 Å². The van der Waals surface area contributed by atoms with Crippen LogP contribution >= 0.6 is 0 Å². The summed E-state index contributed by atoms with van der Waals surface area (Å²) in [6.07, 6.45) is 4.01. The molecule has 4 aromatic rings. The van der Waals surface area contributed by atoms with E-state index in [4.69, 9.17) is 0 Å². The summed E-state index contributed by atoms with van der Waals surface area (Å²) in [5.41, 5.74) is 2.34. The molecule has 2 aromatic carbocycles. The number of anilines is 2. The fourth-order valence-corrected chi connectivity index (χ4v) is 2.78. The fourth-order valence-electron chi connectivity index (χ4n) is 2.78. The molecular formula is C19H16FN5. The highest BCUT2D eigenvalue weighted by atomic mass is 19.1. The minimum atomic E-state index is -0.303. The Morgan fingerprint density at radius 3 is 2.68 bits per heavy atom. The Labute approximate surface area is 144 Å². The largest absolute Gasteiger partial charge is 0.339 e. The standard InChI is InChI=1S/C19H16FN5/c1-2-18-23-15-9-8-13(20)10-16(15)25(18)19-12-21-11-17(24-19)22-14-6-4-3-5-7-14/h3-12H,2H2,1H3,(H,22,24). The van der Waals surface area contributed by atoms with Crippen molar-refractivity contribution in [1.82, 2.24) is 19.5 Å². The molecule has 0 spiro atoms. The van der Waals surface area contributed by atoms with Gasteiger partial charge in [0, 0.05) is 18.2 Å². The second-order valence-corrected chi connectivity index (χ2v) is 5.60. The lowest BCUT2D eigenvalue weighted by Gasteiger charge is -2.10. The minimum absolute atomic E-state index is 0.303. The van der Waals surface area contributed by atoms with Gasteiger partial charge in [0.15, 0.2) is 11.6 Å². The number of aryl methyl sites for hydroxylation is 1. The topological polar surface area (TPSA) is 55.6 Å². The lowest BCUT2D eigenvalue weighted by atomic mass is 10.3. The number of benzene rings is 2. The van der Waals surface area contributed by atoms with E-state index in [1.807, 2.05) is 41.8 Å². The van der Waals surface area contributed by atoms with Gasteiger partial charge < -0.3 is 5.32 Å². The number of halogens is 1. The predicted molar refractivity (Wildman–Crippen MR) is 95.7 cm³/mol. The maximum Gasteiger partial charge on any atom is 0.159 e. The Morgan fingerprint density at radius 1 is 1.04 bits per heavy atom. The van der Waals surface area contributed by atoms with Crippen LogP contribution in [0.15, 0.2) is 60.9 Å². The minimum Gasteiger partial charge on any atom is -0.339 e. The number of imidazole rings is 1. The van der Waals surface area contributed by atoms with Gasteiger partial charge >= 0.3 is 0 Å². The van der Waals surface area contributed by atoms with Gasteiger partial charge in [-0.2, -0.15) is 0 Å². The quantitative estimate of drug-likeness (QED) is 0.606. The summed E-state index contributed by atoms with van der Waals surface area (Å²) in [7, 11) is 0. The number of hydrogen-bond donors (Lipinski definition) is 1. The van der Waals surface area contributed by atoms with Crippen LogP contribution in [-0.2, 0) is 6.42 Å². The highest BCUT2D eigenvalue weighted by Crippen LogP contribution is 2.23. The zero-order valence-electron chi connectivity index (χ0n) is 13.6. The van der Waals surface area contributed by atoms with Crippen molar-refractivity contribution in [3.05, 3.63) is 72.6 Å². The summed E-state index contributed by atoms with van der Waals surface area (Å²) < 4.78 is 15.6. The van der Waals surface area contributed by atoms with E-state index in [0.717, 1.165) is 17.0 Å². The number of nitrogens with one attached hydrogen (secondary N) is 1. The van der Waals surface area contributed by atoms with E-state index >= 15 is 0 Å². The number of fused-ring (bicyclic) bond motifs is 1. The Bertz CT molecular complexity index is 1030. The lowest BCUT2D eigenvalue weighted by Crippen LogP contribution is -2.05. The summed E-state index contributed by atoms with van der Waals surface area (Å²) in [6, 6.07) is 14.3. The number of hydrogen-bond acceptors (Lipinski definition) is 4. The first kappa shape index (κ1) is 15.3. The molecule has 1 N–H and O–H groups in total. The van der Waals surface area contributed by atoms with Crippen LogP contribution in [0, 0.1) is 5.82 Å². The molecule has 124 valence electrons. The Balaban J connectivity index is 1.81. The average Bonchev–Trinajstić information content (AvgIpc) is 3.00. The highest BCUT2D eigenvalue weighted by Gasteiger charge is 2.13. The van der Waals surface area contributed by atoms with Crippen LogP contribution in [0.1, 0.15) is 12.7 Å². The van der Waals surface area contributed by atoms with Crippen molar-refractivity contribution in [3.63, 3.8) is 0 Å². The summed E-state index contributed by atoms with van der Waals surface area (Å²) in [5, 5.41) is 3.22. The van der Waals surface area contributed by atoms with Crippen LogP contribution in [0.2, 0.25) is 0 Å². The van der Waals surface area contributed by atoms with Crippen molar-refractivity contribution in [2.45, 2.75) is 13.3 Å². The molecule has 0 bridgehead atoms. The molecule has 0 unspecified atom stereocenters. The number of aromatic nitrogens is 4. The normalized spacial score (nSPS) is 11.0. The van der Waals surface area contributed by atoms with E-state index in [9.17, 15) is 4.39 Å². The van der Waals surface area contributed by atoms with E-state index in [1.165, 1.54) is 12.1 Å². The molecule has 0 aliphatic carbocycles. The second kappa shape index (κ2) is 6.32. The van der Waals surface area contributed by atoms with E-state index in [0.29, 0.717) is 23.6 Å². The smallest absolute Gasteiger partial charge is 0.159 e. The van der Waals surface area contributed by atoms with Crippen molar-refractivity contribution in [1.29, 1.82) is 0 Å². The third-order valence-electron chi connectivity index (χ3n) is 3.90. The first-order valence-corrected chi connectivity index (χ1v) is 8.06. The maximum absolute atomic E-state index is 13.7. The van der Waals surface area contributed by atoms with Crippen LogP contribution in [0.3, 0.4) is 0 Å². The first-order valence-electron chi connectivity index (χ1n) is 8.06. The SMILES string of the molecule is CCc1nc2ccc(F)cc2n1-c1cncc(Nc2ccccc2)n1. The summed E-state index contributed by atoms with van der Waals surface area (Å²) in [4.78, 5) is 13.5. The molecule has 6 heteroatoms. The third kappa shape index (κ3) is 2.94. The lowest BCUT2D eigenvalue weighted by molar-refractivity contribution is 0.629. The zero-order valence-corrected chi connectivity index (χ0v) is 13.6. The molecule has 2 aromatic heterocycles. The van der Waals surface area contributed by atoms with Crippen molar-refractivity contribution in [3.8, 4) is 5.82 Å². The zero-order chi connectivity index (χ0) is 17.2. The van der Waals surface area contributed by atoms with Crippen molar-refractivity contribution in [2.24, 2.45) is 0 Å². The monoisotopic (exact) mass is 333 g/mol. The Kier molecular flexibility index (Phi) is 3.85. The summed E-state index contributed by atoms with van der Waals surface area (Å²) >= 11 is 0. The van der Waals surface area contributed by atoms with Gasteiger partial charge in [0.2, 0.25) is 0 Å². The van der Waals surface area contributed by atoms with Gasteiger partial charge in [-0.1, -0.05) is 25.1 Å². The Morgan fingerprint density at radius 2 is 1.88 bits per heavy atom. The highest BCUT2D eigenvalue weighted by molar-refractivity contribution is 5.78. The van der Waals surface area contributed by atoms with E-state index in [-0.39, 0.29) is 5.82 Å². The molecule has 0 saturated carbocycles. The third-order valence-corrected chi connectivity index (χ3v) is 3.90. The predicted octanol–water partition coefficient (Wildman–Crippen LogP) is 4.26. The molecule has 5 nitrogen and oxygen atoms in total.